The summed E-state index contributed by atoms with van der Waals surface area (Å²) in [7, 11) is 1.67. The highest BCUT2D eigenvalue weighted by atomic mass is 16.5. The minimum atomic E-state index is -0.768. The van der Waals surface area contributed by atoms with Crippen LogP contribution in [0, 0.1) is 11.8 Å². The van der Waals surface area contributed by atoms with Gasteiger partial charge in [0.05, 0.1) is 7.11 Å². The Balaban J connectivity index is 1.47. The van der Waals surface area contributed by atoms with Gasteiger partial charge in [-0.1, -0.05) is 19.3 Å². The topological polar surface area (TPSA) is 91.2 Å². The summed E-state index contributed by atoms with van der Waals surface area (Å²) in [6, 6.07) is 6.37. The molecular weight excluding hydrogens is 406 g/mol. The van der Waals surface area contributed by atoms with E-state index < -0.39 is 5.97 Å². The van der Waals surface area contributed by atoms with Crippen LogP contribution in [0.15, 0.2) is 23.2 Å². The molecule has 0 radical (unpaired) electrons. The number of likely N-dealkylation sites (tertiary alicyclic amines) is 1. The summed E-state index contributed by atoms with van der Waals surface area (Å²) in [6.45, 7) is 1.94. The largest absolute Gasteiger partial charge is 0.497 e. The maximum Gasteiger partial charge on any atom is 0.317 e. The quantitative estimate of drug-likeness (QED) is 0.701. The molecule has 1 saturated heterocycles. The van der Waals surface area contributed by atoms with Crippen molar-refractivity contribution >= 4 is 17.7 Å². The number of hydrogen-bond donors (Lipinski definition) is 2. The van der Waals surface area contributed by atoms with Gasteiger partial charge in [0.2, 0.25) is 0 Å². The molecular formula is C25H35N3O4. The number of carboxylic acids is 1. The van der Waals surface area contributed by atoms with Crippen LogP contribution in [0.3, 0.4) is 0 Å². The van der Waals surface area contributed by atoms with Gasteiger partial charge in [0, 0.05) is 37.8 Å². The molecule has 32 heavy (non-hydrogen) atoms. The number of aliphatic carboxylic acids is 1. The van der Waals surface area contributed by atoms with Gasteiger partial charge in [0.25, 0.3) is 0 Å². The highest BCUT2D eigenvalue weighted by molar-refractivity contribution is 6.03. The molecule has 1 saturated carbocycles. The molecule has 4 rings (SSSR count). The van der Waals surface area contributed by atoms with Gasteiger partial charge in [0.1, 0.15) is 5.75 Å². The maximum atomic E-state index is 13.0. The maximum absolute atomic E-state index is 13.0. The molecule has 2 amide bonds. The number of carbonyl (C=O) groups excluding carboxylic acids is 1. The van der Waals surface area contributed by atoms with E-state index >= 15 is 0 Å². The molecule has 2 aliphatic heterocycles. The van der Waals surface area contributed by atoms with Crippen molar-refractivity contribution in [2.45, 2.75) is 63.8 Å². The van der Waals surface area contributed by atoms with E-state index in [4.69, 9.17) is 9.73 Å². The summed E-state index contributed by atoms with van der Waals surface area (Å²) in [4.78, 5) is 31.2. The van der Waals surface area contributed by atoms with E-state index in [2.05, 4.69) is 17.4 Å². The summed E-state index contributed by atoms with van der Waals surface area (Å²) in [6.07, 6.45) is 8.17. The lowest BCUT2D eigenvalue weighted by Gasteiger charge is -2.39. The molecule has 1 aliphatic carbocycles. The normalized spacial score (nSPS) is 23.8. The number of nitrogens with zero attached hydrogens (tertiary/aromatic N) is 2. The van der Waals surface area contributed by atoms with E-state index in [1.54, 1.807) is 7.11 Å². The van der Waals surface area contributed by atoms with Crippen molar-refractivity contribution in [2.75, 3.05) is 26.7 Å². The Labute approximate surface area is 190 Å². The molecule has 2 fully saturated rings. The molecule has 3 aliphatic rings. The Morgan fingerprint density at radius 3 is 2.75 bits per heavy atom. The van der Waals surface area contributed by atoms with Crippen LogP contribution >= 0.6 is 0 Å². The zero-order valence-electron chi connectivity index (χ0n) is 19.0. The number of methoxy groups -OCH3 is 1. The predicted octanol–water partition coefficient (Wildman–Crippen LogP) is 3.89. The zero-order valence-corrected chi connectivity index (χ0v) is 19.0. The number of urea groups is 1. The Morgan fingerprint density at radius 1 is 1.19 bits per heavy atom. The fraction of sp³-hybridized carbons (Fsp3) is 0.640. The van der Waals surface area contributed by atoms with Crippen molar-refractivity contribution in [1.82, 2.24) is 10.2 Å². The zero-order chi connectivity index (χ0) is 22.5. The number of benzene rings is 1. The van der Waals surface area contributed by atoms with E-state index in [0.29, 0.717) is 19.5 Å². The van der Waals surface area contributed by atoms with E-state index in [9.17, 15) is 14.7 Å². The summed E-state index contributed by atoms with van der Waals surface area (Å²) in [5.41, 5.74) is 3.39. The minimum Gasteiger partial charge on any atom is -0.497 e. The van der Waals surface area contributed by atoms with Crippen molar-refractivity contribution in [3.8, 4) is 5.75 Å². The third-order valence-corrected chi connectivity index (χ3v) is 7.31. The second kappa shape index (κ2) is 10.4. The summed E-state index contributed by atoms with van der Waals surface area (Å²) < 4.78 is 5.37. The van der Waals surface area contributed by atoms with Crippen LogP contribution < -0.4 is 10.1 Å². The van der Waals surface area contributed by atoms with Gasteiger partial charge in [-0.2, -0.15) is 0 Å². The number of rotatable bonds is 6. The SMILES string of the molecule is COc1ccc2c(c1)CCN=C2C[C@H]1CN(C(=O)NC2CCCCC2)CC[C@H]1CC(=O)O. The number of piperidine rings is 1. The van der Waals surface area contributed by atoms with Crippen LogP contribution in [0.25, 0.3) is 0 Å². The average molecular weight is 442 g/mol. The smallest absolute Gasteiger partial charge is 0.317 e. The van der Waals surface area contributed by atoms with Gasteiger partial charge in [-0.3, -0.25) is 9.79 Å². The molecule has 0 bridgehead atoms. The van der Waals surface area contributed by atoms with E-state index in [1.807, 2.05) is 11.0 Å². The molecule has 2 atom stereocenters. The molecule has 0 unspecified atom stereocenters. The minimum absolute atomic E-state index is 0.00592. The molecule has 1 aromatic rings. The van der Waals surface area contributed by atoms with Crippen LogP contribution in [0.4, 0.5) is 4.79 Å². The summed E-state index contributed by atoms with van der Waals surface area (Å²) >= 11 is 0. The van der Waals surface area contributed by atoms with Gasteiger partial charge in [-0.15, -0.1) is 0 Å². The second-order valence-corrected chi connectivity index (χ2v) is 9.44. The van der Waals surface area contributed by atoms with Crippen LogP contribution in [0.1, 0.15) is 62.5 Å². The highest BCUT2D eigenvalue weighted by Crippen LogP contribution is 2.33. The number of ether oxygens (including phenoxy) is 1. The van der Waals surface area contributed by atoms with Crippen molar-refractivity contribution in [3.63, 3.8) is 0 Å². The number of nitrogens with one attached hydrogen (secondary N) is 1. The number of carboxylic acid groups (broad SMARTS) is 1. The Bertz CT molecular complexity index is 863. The molecule has 2 heterocycles. The van der Waals surface area contributed by atoms with Crippen molar-refractivity contribution in [1.29, 1.82) is 0 Å². The predicted molar refractivity (Wildman–Crippen MR) is 124 cm³/mol. The van der Waals surface area contributed by atoms with Gasteiger partial charge < -0.3 is 20.1 Å². The summed E-state index contributed by atoms with van der Waals surface area (Å²) in [5.74, 6) is 0.217. The van der Waals surface area contributed by atoms with Gasteiger partial charge >= 0.3 is 12.0 Å². The molecule has 1 aromatic carbocycles. The number of hydrogen-bond acceptors (Lipinski definition) is 4. The van der Waals surface area contributed by atoms with E-state index in [0.717, 1.165) is 49.3 Å². The Hall–Kier alpha value is -2.57. The monoisotopic (exact) mass is 441 g/mol. The van der Waals surface area contributed by atoms with E-state index in [-0.39, 0.29) is 30.3 Å². The number of amides is 2. The third kappa shape index (κ3) is 5.43. The van der Waals surface area contributed by atoms with Crippen LogP contribution in [-0.2, 0) is 11.2 Å². The lowest BCUT2D eigenvalue weighted by Crippen LogP contribution is -2.51. The lowest BCUT2D eigenvalue weighted by molar-refractivity contribution is -0.138. The van der Waals surface area contributed by atoms with Crippen molar-refractivity contribution < 1.29 is 19.4 Å². The van der Waals surface area contributed by atoms with Gasteiger partial charge in [0.15, 0.2) is 0 Å². The second-order valence-electron chi connectivity index (χ2n) is 9.44. The molecule has 0 aromatic heterocycles. The van der Waals surface area contributed by atoms with Crippen molar-refractivity contribution in [2.24, 2.45) is 16.8 Å². The van der Waals surface area contributed by atoms with E-state index in [1.165, 1.54) is 24.8 Å². The van der Waals surface area contributed by atoms with Crippen LogP contribution in [0.2, 0.25) is 0 Å². The average Bonchev–Trinajstić information content (AvgIpc) is 2.80. The number of aliphatic imine (C=N–C) groups is 1. The van der Waals surface area contributed by atoms with Crippen LogP contribution in [0.5, 0.6) is 5.75 Å². The van der Waals surface area contributed by atoms with Crippen LogP contribution in [-0.4, -0.2) is 60.5 Å². The molecule has 174 valence electrons. The van der Waals surface area contributed by atoms with Crippen molar-refractivity contribution in [3.05, 3.63) is 29.3 Å². The highest BCUT2D eigenvalue weighted by Gasteiger charge is 2.35. The standard InChI is InChI=1S/C25H35N3O4/c1-32-21-7-8-22-18(13-21)9-11-26-23(22)14-19-16-28(12-10-17(19)15-24(29)30)25(31)27-20-5-3-2-4-6-20/h7-8,13,17,19-20H,2-6,9-12,14-16H2,1H3,(H,27,31)(H,29,30)/t17-,19-/m0/s1. The molecule has 0 spiro atoms. The first-order chi connectivity index (χ1) is 15.5. The molecule has 7 nitrogen and oxygen atoms in total. The first-order valence-electron chi connectivity index (χ1n) is 12.0. The molecule has 2 N–H and O–H groups in total. The fourth-order valence-electron chi connectivity index (χ4n) is 5.51. The number of fused-ring (bicyclic) bond motifs is 1. The Morgan fingerprint density at radius 2 is 2.00 bits per heavy atom. The van der Waals surface area contributed by atoms with Gasteiger partial charge in [-0.05, 0) is 73.3 Å². The Kier molecular flexibility index (Phi) is 7.33. The lowest BCUT2D eigenvalue weighted by atomic mass is 9.78. The fourth-order valence-corrected chi connectivity index (χ4v) is 5.51. The first kappa shape index (κ1) is 22.6. The molecule has 7 heteroatoms. The van der Waals surface area contributed by atoms with Gasteiger partial charge in [-0.25, -0.2) is 4.79 Å². The third-order valence-electron chi connectivity index (χ3n) is 7.31. The first-order valence-corrected chi connectivity index (χ1v) is 12.0. The summed E-state index contributed by atoms with van der Waals surface area (Å²) in [5, 5.41) is 12.7. The number of carbonyl (C=O) groups is 2.